The zero-order chi connectivity index (χ0) is 12.7. The van der Waals surface area contributed by atoms with Crippen molar-refractivity contribution in [3.63, 3.8) is 0 Å². The van der Waals surface area contributed by atoms with E-state index in [1.807, 2.05) is 11.3 Å². The van der Waals surface area contributed by atoms with Gasteiger partial charge in [-0.1, -0.05) is 13.8 Å². The normalized spacial score (nSPS) is 36.4. The van der Waals surface area contributed by atoms with Crippen molar-refractivity contribution < 1.29 is 0 Å². The highest BCUT2D eigenvalue weighted by molar-refractivity contribution is 8.07. The molecule has 4 unspecified atom stereocenters. The molecule has 0 radical (unpaired) electrons. The second kappa shape index (κ2) is 5.35. The molecule has 1 aliphatic carbocycles. The van der Waals surface area contributed by atoms with Crippen LogP contribution in [0.4, 0.5) is 0 Å². The number of nitrogens with two attached hydrogens (primary N) is 1. The Balaban J connectivity index is 1.81. The van der Waals surface area contributed by atoms with Gasteiger partial charge in [-0.2, -0.15) is 11.8 Å². The van der Waals surface area contributed by atoms with Crippen LogP contribution in [0.15, 0.2) is 0 Å². The second-order valence-electron chi connectivity index (χ2n) is 5.23. The van der Waals surface area contributed by atoms with Crippen molar-refractivity contribution >= 4 is 34.9 Å². The Labute approximate surface area is 122 Å². The van der Waals surface area contributed by atoms with Crippen LogP contribution in [0.5, 0.6) is 0 Å². The molecular formula is C13H20N2S3. The number of nitrogens with zero attached hydrogens (tertiary/aromatic N) is 1. The summed E-state index contributed by atoms with van der Waals surface area (Å²) in [6.45, 7) is 4.68. The minimum Gasteiger partial charge on any atom is -0.323 e. The first-order valence-corrected chi connectivity index (χ1v) is 9.48. The number of hydrogen-bond donors (Lipinski definition) is 1. The average Bonchev–Trinajstić information content (AvgIpc) is 2.78. The van der Waals surface area contributed by atoms with Crippen LogP contribution in [0.25, 0.3) is 0 Å². The molecule has 0 aromatic carbocycles. The predicted octanol–water partition coefficient (Wildman–Crippen LogP) is 3.78. The van der Waals surface area contributed by atoms with Crippen molar-refractivity contribution in [1.29, 1.82) is 0 Å². The van der Waals surface area contributed by atoms with Crippen molar-refractivity contribution in [2.75, 3.05) is 5.75 Å². The molecule has 0 amide bonds. The van der Waals surface area contributed by atoms with Crippen molar-refractivity contribution in [2.45, 2.75) is 54.9 Å². The maximum atomic E-state index is 6.20. The summed E-state index contributed by atoms with van der Waals surface area (Å²) in [5.41, 5.74) is 7.49. The lowest BCUT2D eigenvalue weighted by atomic mass is 9.99. The van der Waals surface area contributed by atoms with Gasteiger partial charge in [0.05, 0.1) is 10.9 Å². The van der Waals surface area contributed by atoms with Crippen LogP contribution < -0.4 is 5.73 Å². The Morgan fingerprint density at radius 1 is 1.28 bits per heavy atom. The number of fused-ring (bicyclic) bond motifs is 1. The second-order valence-corrected chi connectivity index (χ2v) is 9.29. The fourth-order valence-electron chi connectivity index (χ4n) is 2.52. The van der Waals surface area contributed by atoms with E-state index in [0.29, 0.717) is 5.25 Å². The van der Waals surface area contributed by atoms with E-state index in [2.05, 4.69) is 37.4 Å². The molecule has 1 aliphatic heterocycles. The third-order valence-corrected chi connectivity index (χ3v) is 8.73. The van der Waals surface area contributed by atoms with Gasteiger partial charge < -0.3 is 5.73 Å². The standard InChI is InChI=1S/C13H20N2S3/c1-7-8(2)17-11(6-16-7)13-15-10-5-3-4-9(14)12(10)18-13/h7-9,11H,3-6,14H2,1-2H3. The monoisotopic (exact) mass is 300 g/mol. The van der Waals surface area contributed by atoms with E-state index in [-0.39, 0.29) is 6.04 Å². The molecule has 1 aromatic rings. The summed E-state index contributed by atoms with van der Waals surface area (Å²) in [7, 11) is 0. The van der Waals surface area contributed by atoms with E-state index in [9.17, 15) is 0 Å². The molecular weight excluding hydrogens is 280 g/mol. The van der Waals surface area contributed by atoms with Crippen molar-refractivity contribution in [3.8, 4) is 0 Å². The van der Waals surface area contributed by atoms with Crippen LogP contribution in [0.1, 0.15) is 53.6 Å². The van der Waals surface area contributed by atoms with E-state index >= 15 is 0 Å². The van der Waals surface area contributed by atoms with Crippen molar-refractivity contribution in [2.24, 2.45) is 5.73 Å². The molecule has 2 N–H and O–H groups in total. The zero-order valence-electron chi connectivity index (χ0n) is 10.9. The van der Waals surface area contributed by atoms with Crippen LogP contribution >= 0.6 is 34.9 Å². The SMILES string of the molecule is CC1SCC(c2nc3c(s2)C(N)CCC3)SC1C. The van der Waals surface area contributed by atoms with E-state index < -0.39 is 0 Å². The van der Waals surface area contributed by atoms with Crippen LogP contribution in [-0.2, 0) is 6.42 Å². The summed E-state index contributed by atoms with van der Waals surface area (Å²) in [6, 6.07) is 0.248. The Hall–Kier alpha value is 0.290. The van der Waals surface area contributed by atoms with E-state index in [0.717, 1.165) is 23.3 Å². The molecule has 100 valence electrons. The topological polar surface area (TPSA) is 38.9 Å². The minimum absolute atomic E-state index is 0.248. The molecule has 1 aromatic heterocycles. The van der Waals surface area contributed by atoms with Gasteiger partial charge in [0.25, 0.3) is 0 Å². The summed E-state index contributed by atoms with van der Waals surface area (Å²) in [6.07, 6.45) is 3.47. The molecule has 1 saturated heterocycles. The molecule has 4 atom stereocenters. The first-order valence-electron chi connectivity index (χ1n) is 6.67. The smallest absolute Gasteiger partial charge is 0.107 e. The van der Waals surface area contributed by atoms with Crippen molar-refractivity contribution in [3.05, 3.63) is 15.6 Å². The molecule has 3 rings (SSSR count). The Morgan fingerprint density at radius 3 is 2.83 bits per heavy atom. The Kier molecular flexibility index (Phi) is 3.95. The third-order valence-electron chi connectivity index (χ3n) is 3.84. The van der Waals surface area contributed by atoms with Gasteiger partial charge in [-0.05, 0) is 19.3 Å². The number of thiazole rings is 1. The Bertz CT molecular complexity index is 432. The minimum atomic E-state index is 0.248. The van der Waals surface area contributed by atoms with Gasteiger partial charge in [-0.15, -0.1) is 23.1 Å². The average molecular weight is 301 g/mol. The summed E-state index contributed by atoms with van der Waals surface area (Å²) >= 11 is 6.07. The van der Waals surface area contributed by atoms with Crippen LogP contribution in [-0.4, -0.2) is 21.2 Å². The summed E-state index contributed by atoms with van der Waals surface area (Å²) in [5.74, 6) is 1.21. The molecule has 2 aliphatic rings. The first-order chi connectivity index (χ1) is 8.65. The maximum absolute atomic E-state index is 6.20. The third kappa shape index (κ3) is 2.47. The largest absolute Gasteiger partial charge is 0.323 e. The summed E-state index contributed by atoms with van der Waals surface area (Å²) < 4.78 is 0. The van der Waals surface area contributed by atoms with Crippen LogP contribution in [0.3, 0.4) is 0 Å². The predicted molar refractivity (Wildman–Crippen MR) is 83.7 cm³/mol. The molecule has 1 fully saturated rings. The van der Waals surface area contributed by atoms with E-state index in [1.165, 1.54) is 27.8 Å². The number of hydrogen-bond acceptors (Lipinski definition) is 5. The fraction of sp³-hybridized carbons (Fsp3) is 0.769. The van der Waals surface area contributed by atoms with Gasteiger partial charge in [0.2, 0.25) is 0 Å². The molecule has 0 bridgehead atoms. The first kappa shape index (κ1) is 13.3. The van der Waals surface area contributed by atoms with Gasteiger partial charge in [0, 0.05) is 27.2 Å². The van der Waals surface area contributed by atoms with Gasteiger partial charge in [-0.3, -0.25) is 0 Å². The number of rotatable bonds is 1. The Morgan fingerprint density at radius 2 is 2.11 bits per heavy atom. The molecule has 0 spiro atoms. The van der Waals surface area contributed by atoms with Gasteiger partial charge >= 0.3 is 0 Å². The molecule has 2 nitrogen and oxygen atoms in total. The fourth-order valence-corrected chi connectivity index (χ4v) is 6.86. The van der Waals surface area contributed by atoms with Crippen LogP contribution in [0.2, 0.25) is 0 Å². The van der Waals surface area contributed by atoms with Gasteiger partial charge in [0.1, 0.15) is 5.01 Å². The quantitative estimate of drug-likeness (QED) is 0.857. The van der Waals surface area contributed by atoms with E-state index in [4.69, 9.17) is 10.7 Å². The highest BCUT2D eigenvalue weighted by Gasteiger charge is 2.31. The van der Waals surface area contributed by atoms with Crippen LogP contribution in [0, 0.1) is 0 Å². The lowest BCUT2D eigenvalue weighted by Gasteiger charge is -2.30. The lowest BCUT2D eigenvalue weighted by molar-refractivity contribution is 0.573. The number of aromatic nitrogens is 1. The molecule has 18 heavy (non-hydrogen) atoms. The summed E-state index contributed by atoms with van der Waals surface area (Å²) in [5, 5.41) is 3.41. The van der Waals surface area contributed by atoms with E-state index in [1.54, 1.807) is 0 Å². The molecule has 2 heterocycles. The summed E-state index contributed by atoms with van der Waals surface area (Å²) in [4.78, 5) is 6.26. The zero-order valence-corrected chi connectivity index (χ0v) is 13.3. The molecule has 0 saturated carbocycles. The lowest BCUT2D eigenvalue weighted by Crippen LogP contribution is -2.21. The maximum Gasteiger partial charge on any atom is 0.107 e. The highest BCUT2D eigenvalue weighted by atomic mass is 32.2. The highest BCUT2D eigenvalue weighted by Crippen LogP contribution is 2.46. The number of aryl methyl sites for hydroxylation is 1. The number of thioether (sulfide) groups is 2. The molecule has 5 heteroatoms. The van der Waals surface area contributed by atoms with Crippen molar-refractivity contribution in [1.82, 2.24) is 4.98 Å². The van der Waals surface area contributed by atoms with Gasteiger partial charge in [-0.25, -0.2) is 4.98 Å². The van der Waals surface area contributed by atoms with Gasteiger partial charge in [0.15, 0.2) is 0 Å².